The number of hydrogen-bond donors (Lipinski definition) is 0. The smallest absolute Gasteiger partial charge is 0.410 e. The zero-order valence-corrected chi connectivity index (χ0v) is 36.4. The van der Waals surface area contributed by atoms with Crippen LogP contribution in [0.2, 0.25) is 0 Å². The molecule has 0 bridgehead atoms. The largest absolute Gasteiger partial charge is 0.446 e. The molecule has 0 rings (SSSR count). The van der Waals surface area contributed by atoms with Crippen molar-refractivity contribution in [2.75, 3.05) is 33.7 Å². The van der Waals surface area contributed by atoms with Gasteiger partial charge in [0, 0.05) is 13.1 Å². The molecule has 0 aliphatic rings. The molecule has 0 fully saturated rings. The number of nitrogens with zero attached hydrogens (tertiary/aromatic N) is 2. The van der Waals surface area contributed by atoms with Crippen LogP contribution in [-0.4, -0.2) is 55.7 Å². The molecule has 0 aliphatic carbocycles. The molecule has 1 unspecified atom stereocenters. The van der Waals surface area contributed by atoms with Gasteiger partial charge in [-0.1, -0.05) is 166 Å². The highest BCUT2D eigenvalue weighted by molar-refractivity contribution is 5.67. The predicted molar refractivity (Wildman–Crippen MR) is 237 cm³/mol. The molecule has 0 aromatic rings. The summed E-state index contributed by atoms with van der Waals surface area (Å²) in [6.07, 6.45) is 56.8. The lowest BCUT2D eigenvalue weighted by molar-refractivity contribution is 0.0513. The third-order valence-electron chi connectivity index (χ3n) is 10.3. The number of ether oxygens (including phenoxy) is 1. The molecule has 0 aromatic carbocycles. The lowest BCUT2D eigenvalue weighted by Gasteiger charge is -2.26. The van der Waals surface area contributed by atoms with Crippen LogP contribution in [-0.2, 0) is 4.74 Å². The summed E-state index contributed by atoms with van der Waals surface area (Å²) in [4.78, 5) is 17.7. The van der Waals surface area contributed by atoms with Gasteiger partial charge in [-0.2, -0.15) is 0 Å². The summed E-state index contributed by atoms with van der Waals surface area (Å²) in [5.74, 6) is 0. The number of rotatable bonds is 40. The van der Waals surface area contributed by atoms with Crippen molar-refractivity contribution in [3.05, 3.63) is 48.6 Å². The fourth-order valence-corrected chi connectivity index (χ4v) is 6.80. The molecule has 0 aliphatic heterocycles. The van der Waals surface area contributed by atoms with Crippen molar-refractivity contribution in [1.29, 1.82) is 0 Å². The van der Waals surface area contributed by atoms with Crippen molar-refractivity contribution >= 4 is 6.09 Å². The van der Waals surface area contributed by atoms with E-state index in [0.717, 1.165) is 64.6 Å². The number of unbranched alkanes of at least 4 members (excludes halogenated alkanes) is 21. The molecule has 0 spiro atoms. The second-order valence-electron chi connectivity index (χ2n) is 16.0. The van der Waals surface area contributed by atoms with Crippen LogP contribution in [0.3, 0.4) is 0 Å². The SMILES string of the molecule is CCCCCC=CCC=CCCCCCCCCCC(CCCCCCCC=CCC=CCCCCC)OC(=O)N(CCCCCC)CCCN(C)C. The Hall–Kier alpha value is -1.81. The maximum atomic E-state index is 13.5. The van der Waals surface area contributed by atoms with Crippen LogP contribution in [0.5, 0.6) is 0 Å². The van der Waals surface area contributed by atoms with Crippen molar-refractivity contribution in [2.45, 2.75) is 226 Å². The van der Waals surface area contributed by atoms with E-state index in [4.69, 9.17) is 4.74 Å². The average Bonchev–Trinajstić information content (AvgIpc) is 3.15. The van der Waals surface area contributed by atoms with Gasteiger partial charge in [-0.3, -0.25) is 0 Å². The molecular formula is C49H92N2O2. The summed E-state index contributed by atoms with van der Waals surface area (Å²) in [5, 5.41) is 0. The number of allylic oxidation sites excluding steroid dienone is 8. The highest BCUT2D eigenvalue weighted by Gasteiger charge is 2.20. The monoisotopic (exact) mass is 741 g/mol. The topological polar surface area (TPSA) is 32.8 Å². The van der Waals surface area contributed by atoms with E-state index in [1.54, 1.807) is 0 Å². The second kappa shape index (κ2) is 42.9. The predicted octanol–water partition coefficient (Wildman–Crippen LogP) is 15.7. The lowest BCUT2D eigenvalue weighted by atomic mass is 10.0. The van der Waals surface area contributed by atoms with Crippen molar-refractivity contribution < 1.29 is 9.53 Å². The van der Waals surface area contributed by atoms with Gasteiger partial charge < -0.3 is 14.5 Å². The van der Waals surface area contributed by atoms with Gasteiger partial charge in [-0.15, -0.1) is 0 Å². The fourth-order valence-electron chi connectivity index (χ4n) is 6.80. The van der Waals surface area contributed by atoms with Gasteiger partial charge in [0.25, 0.3) is 0 Å². The standard InChI is InChI=1S/C49H92N2O2/c1-6-9-12-15-17-19-21-23-25-26-28-30-32-34-36-38-40-44-48(53-49(52)51(46-41-14-11-8-3)47-42-45-50(4)5)43-39-37-35-33-31-29-27-24-22-20-18-16-13-10-7-2/h17-20,23-25,27,48H,6-16,21-22,26,28-47H2,1-5H3. The van der Waals surface area contributed by atoms with Gasteiger partial charge in [-0.05, 0) is 123 Å². The highest BCUT2D eigenvalue weighted by atomic mass is 16.6. The normalized spacial score (nSPS) is 12.8. The van der Waals surface area contributed by atoms with Gasteiger partial charge in [-0.25, -0.2) is 4.79 Å². The first-order chi connectivity index (χ1) is 26.0. The van der Waals surface area contributed by atoms with Crippen molar-refractivity contribution in [3.63, 3.8) is 0 Å². The maximum absolute atomic E-state index is 13.5. The van der Waals surface area contributed by atoms with Crippen LogP contribution in [0.1, 0.15) is 220 Å². The molecular weight excluding hydrogens is 649 g/mol. The van der Waals surface area contributed by atoms with Gasteiger partial charge in [0.15, 0.2) is 0 Å². The number of amides is 1. The van der Waals surface area contributed by atoms with E-state index >= 15 is 0 Å². The molecule has 4 heteroatoms. The van der Waals surface area contributed by atoms with E-state index in [1.807, 2.05) is 4.90 Å². The van der Waals surface area contributed by atoms with Crippen LogP contribution in [0.25, 0.3) is 0 Å². The van der Waals surface area contributed by atoms with Crippen molar-refractivity contribution in [3.8, 4) is 0 Å². The zero-order chi connectivity index (χ0) is 38.7. The summed E-state index contributed by atoms with van der Waals surface area (Å²) >= 11 is 0. The third-order valence-corrected chi connectivity index (χ3v) is 10.3. The Labute approximate surface area is 332 Å². The first kappa shape index (κ1) is 51.2. The molecule has 0 saturated heterocycles. The van der Waals surface area contributed by atoms with E-state index in [0.29, 0.717) is 0 Å². The summed E-state index contributed by atoms with van der Waals surface area (Å²) in [6.45, 7) is 9.40. The molecule has 310 valence electrons. The zero-order valence-electron chi connectivity index (χ0n) is 36.4. The van der Waals surface area contributed by atoms with E-state index < -0.39 is 0 Å². The summed E-state index contributed by atoms with van der Waals surface area (Å²) in [6, 6.07) is 0. The van der Waals surface area contributed by atoms with Crippen LogP contribution in [0.4, 0.5) is 4.79 Å². The molecule has 0 heterocycles. The summed E-state index contributed by atoms with van der Waals surface area (Å²) < 4.78 is 6.32. The minimum atomic E-state index is -0.0649. The van der Waals surface area contributed by atoms with E-state index in [1.165, 1.54) is 154 Å². The Morgan fingerprint density at radius 1 is 0.434 bits per heavy atom. The molecule has 53 heavy (non-hydrogen) atoms. The van der Waals surface area contributed by atoms with E-state index in [2.05, 4.69) is 88.4 Å². The van der Waals surface area contributed by atoms with Crippen LogP contribution < -0.4 is 0 Å². The van der Waals surface area contributed by atoms with Crippen molar-refractivity contribution in [2.24, 2.45) is 0 Å². The van der Waals surface area contributed by atoms with E-state index in [-0.39, 0.29) is 12.2 Å². The van der Waals surface area contributed by atoms with Gasteiger partial charge in [0.1, 0.15) is 6.10 Å². The molecule has 0 saturated carbocycles. The van der Waals surface area contributed by atoms with Crippen LogP contribution in [0.15, 0.2) is 48.6 Å². The summed E-state index contributed by atoms with van der Waals surface area (Å²) in [5.41, 5.74) is 0. The quantitative estimate of drug-likeness (QED) is 0.0463. The molecule has 1 atom stereocenters. The Bertz CT molecular complexity index is 861. The maximum Gasteiger partial charge on any atom is 0.410 e. The third kappa shape index (κ3) is 39.7. The van der Waals surface area contributed by atoms with Crippen molar-refractivity contribution in [1.82, 2.24) is 9.80 Å². The lowest BCUT2D eigenvalue weighted by Crippen LogP contribution is -2.37. The average molecular weight is 741 g/mol. The number of carbonyl (C=O) groups excluding carboxylic acids is 1. The Kier molecular flexibility index (Phi) is 41.5. The van der Waals surface area contributed by atoms with Gasteiger partial charge in [0.2, 0.25) is 0 Å². The Balaban J connectivity index is 4.56. The molecule has 4 nitrogen and oxygen atoms in total. The molecule has 0 aromatic heterocycles. The van der Waals surface area contributed by atoms with Gasteiger partial charge in [0.05, 0.1) is 0 Å². The second-order valence-corrected chi connectivity index (χ2v) is 16.0. The molecule has 0 N–H and O–H groups in total. The first-order valence-electron chi connectivity index (χ1n) is 23.2. The van der Waals surface area contributed by atoms with Crippen LogP contribution in [0, 0.1) is 0 Å². The first-order valence-corrected chi connectivity index (χ1v) is 23.2. The van der Waals surface area contributed by atoms with Crippen LogP contribution >= 0.6 is 0 Å². The molecule has 1 amide bonds. The minimum Gasteiger partial charge on any atom is -0.446 e. The highest BCUT2D eigenvalue weighted by Crippen LogP contribution is 2.19. The molecule has 0 radical (unpaired) electrons. The minimum absolute atomic E-state index is 0.0606. The Morgan fingerprint density at radius 3 is 1.23 bits per heavy atom. The number of hydrogen-bond acceptors (Lipinski definition) is 3. The summed E-state index contributed by atoms with van der Waals surface area (Å²) in [7, 11) is 4.22. The van der Waals surface area contributed by atoms with E-state index in [9.17, 15) is 4.79 Å². The Morgan fingerprint density at radius 2 is 0.792 bits per heavy atom. The fraction of sp³-hybridized carbons (Fsp3) is 0.816. The van der Waals surface area contributed by atoms with Gasteiger partial charge >= 0.3 is 6.09 Å². The number of carbonyl (C=O) groups is 1.